The van der Waals surface area contributed by atoms with Gasteiger partial charge in [-0.2, -0.15) is 0 Å². The normalized spacial score (nSPS) is 24.7. The maximum absolute atomic E-state index is 15.1. The summed E-state index contributed by atoms with van der Waals surface area (Å²) in [5.74, 6) is -1.35. The number of halogens is 3. The van der Waals surface area contributed by atoms with Crippen molar-refractivity contribution < 1.29 is 33.5 Å². The molecule has 4 atom stereocenters. The number of benzene rings is 2. The van der Waals surface area contributed by atoms with Crippen molar-refractivity contribution in [2.45, 2.75) is 75.6 Å². The van der Waals surface area contributed by atoms with E-state index < -0.39 is 23.2 Å². The van der Waals surface area contributed by atoms with Crippen LogP contribution in [0.15, 0.2) is 34.9 Å². The third-order valence-electron chi connectivity index (χ3n) is 9.31. The molecule has 230 valence electrons. The second-order valence-electron chi connectivity index (χ2n) is 12.1. The molecule has 2 aromatic heterocycles. The van der Waals surface area contributed by atoms with Crippen molar-refractivity contribution in [3.8, 4) is 11.3 Å². The average Bonchev–Trinajstić information content (AvgIpc) is 3.56. The Balaban J connectivity index is 1.10. The second-order valence-corrected chi connectivity index (χ2v) is 13.9. The number of carbonyl (C=O) groups is 2. The number of aliphatic carboxylic acids is 1. The van der Waals surface area contributed by atoms with E-state index in [4.69, 9.17) is 37.6 Å². The molecule has 0 radical (unpaired) electrons. The van der Waals surface area contributed by atoms with Crippen molar-refractivity contribution >= 4 is 56.5 Å². The zero-order chi connectivity index (χ0) is 30.7. The van der Waals surface area contributed by atoms with Crippen LogP contribution in [0.1, 0.15) is 84.0 Å². The molecule has 0 saturated heterocycles. The summed E-state index contributed by atoms with van der Waals surface area (Å²) in [7, 11) is 0. The molecule has 0 spiro atoms. The van der Waals surface area contributed by atoms with E-state index in [1.165, 1.54) is 11.3 Å². The van der Waals surface area contributed by atoms with Gasteiger partial charge in [0.15, 0.2) is 11.6 Å². The number of aromatic nitrogens is 2. The van der Waals surface area contributed by atoms with Crippen LogP contribution in [0.25, 0.3) is 21.5 Å². The van der Waals surface area contributed by atoms with Gasteiger partial charge in [-0.25, -0.2) is 9.37 Å². The number of hydrogen-bond acceptors (Lipinski definition) is 8. The highest BCUT2D eigenvalue weighted by molar-refractivity contribution is 7.18. The first-order valence-electron chi connectivity index (χ1n) is 14.8. The van der Waals surface area contributed by atoms with Crippen LogP contribution in [0.3, 0.4) is 0 Å². The summed E-state index contributed by atoms with van der Waals surface area (Å²) >= 11 is 14.2. The van der Waals surface area contributed by atoms with E-state index in [1.807, 2.05) is 0 Å². The standard InChI is InChI=1S/C32H29Cl2FN2O6S/c33-21-2-1-3-22(34)27(21)28-20(30(43-37-28)15-4-5-15)14-42-19-12-17-6-7-18(13-19)32(17,41)31-36-29-23(35)10-16(11-25(29)44-31)24(38)8-9-26(39)40/h1-3,10-11,15,17-19,41H,4-9,12-14H2,(H,39,40)/t17-,18+,19?,32?. The Morgan fingerprint density at radius 3 is 2.45 bits per heavy atom. The maximum atomic E-state index is 15.1. The van der Waals surface area contributed by atoms with Gasteiger partial charge in [0.05, 0.1) is 33.9 Å². The predicted octanol–water partition coefficient (Wildman–Crippen LogP) is 7.92. The van der Waals surface area contributed by atoms with Crippen LogP contribution in [-0.2, 0) is 21.7 Å². The SMILES string of the molecule is O=C(O)CCC(=O)c1cc(F)c2nc(C3(O)[C@@H]4CC[C@H]3CC(OCc3c(-c5c(Cl)cccc5Cl)noc3C3CC3)C4)sc2c1. The van der Waals surface area contributed by atoms with Gasteiger partial charge < -0.3 is 19.5 Å². The molecule has 3 fully saturated rings. The summed E-state index contributed by atoms with van der Waals surface area (Å²) in [5, 5.41) is 26.8. The third kappa shape index (κ3) is 5.24. The van der Waals surface area contributed by atoms with Crippen molar-refractivity contribution in [2.75, 3.05) is 0 Å². The second kappa shape index (κ2) is 11.5. The molecular weight excluding hydrogens is 630 g/mol. The fraction of sp³-hybridized carbons (Fsp3) is 0.438. The van der Waals surface area contributed by atoms with Crippen molar-refractivity contribution in [1.29, 1.82) is 0 Å². The van der Waals surface area contributed by atoms with Crippen molar-refractivity contribution in [1.82, 2.24) is 10.1 Å². The van der Waals surface area contributed by atoms with Crippen LogP contribution in [0, 0.1) is 17.7 Å². The lowest BCUT2D eigenvalue weighted by Crippen LogP contribution is -2.44. The molecule has 3 aliphatic rings. The molecule has 2 bridgehead atoms. The summed E-state index contributed by atoms with van der Waals surface area (Å²) in [6.45, 7) is 0.278. The van der Waals surface area contributed by atoms with Gasteiger partial charge in [-0.15, -0.1) is 11.3 Å². The molecule has 4 aromatic rings. The maximum Gasteiger partial charge on any atom is 0.303 e. The quantitative estimate of drug-likeness (QED) is 0.165. The first-order chi connectivity index (χ1) is 21.1. The van der Waals surface area contributed by atoms with Gasteiger partial charge in [-0.3, -0.25) is 9.59 Å². The lowest BCUT2D eigenvalue weighted by molar-refractivity contribution is -0.136. The molecule has 3 saturated carbocycles. The number of nitrogens with zero attached hydrogens (tertiary/aromatic N) is 2. The van der Waals surface area contributed by atoms with E-state index in [1.54, 1.807) is 24.3 Å². The summed E-state index contributed by atoms with van der Waals surface area (Å²) in [5.41, 5.74) is 1.06. The number of carbonyl (C=O) groups excluding carboxylic acids is 1. The molecule has 0 amide bonds. The number of aliphatic hydroxyl groups is 1. The minimum absolute atomic E-state index is 0.107. The fourth-order valence-corrected chi connectivity index (χ4v) is 8.77. The largest absolute Gasteiger partial charge is 0.481 e. The van der Waals surface area contributed by atoms with Crippen LogP contribution in [0.2, 0.25) is 10.0 Å². The molecule has 8 nitrogen and oxygen atoms in total. The summed E-state index contributed by atoms with van der Waals surface area (Å²) < 4.78 is 27.8. The molecular formula is C32H29Cl2FN2O6S. The smallest absolute Gasteiger partial charge is 0.303 e. The Morgan fingerprint density at radius 2 is 1.80 bits per heavy atom. The Bertz CT molecular complexity index is 1750. The van der Waals surface area contributed by atoms with Gasteiger partial charge in [-0.05, 0) is 74.6 Å². The van der Waals surface area contributed by atoms with Crippen LogP contribution >= 0.6 is 34.5 Å². The van der Waals surface area contributed by atoms with Gasteiger partial charge in [-0.1, -0.05) is 34.4 Å². The van der Waals surface area contributed by atoms with E-state index in [-0.39, 0.29) is 48.5 Å². The Labute approximate surface area is 266 Å². The van der Waals surface area contributed by atoms with Gasteiger partial charge >= 0.3 is 5.97 Å². The topological polar surface area (TPSA) is 123 Å². The molecule has 44 heavy (non-hydrogen) atoms. The first-order valence-corrected chi connectivity index (χ1v) is 16.3. The zero-order valence-corrected chi connectivity index (χ0v) is 25.9. The lowest BCUT2D eigenvalue weighted by Gasteiger charge is -2.41. The van der Waals surface area contributed by atoms with Crippen LogP contribution in [0.5, 0.6) is 0 Å². The molecule has 2 heterocycles. The molecule has 2 N–H and O–H groups in total. The zero-order valence-electron chi connectivity index (χ0n) is 23.5. The number of ketones is 1. The summed E-state index contributed by atoms with van der Waals surface area (Å²) in [6.07, 6.45) is 4.19. The number of fused-ring (bicyclic) bond motifs is 3. The number of carboxylic acids is 1. The average molecular weight is 660 g/mol. The molecule has 0 aliphatic heterocycles. The Hall–Kier alpha value is -2.89. The Kier molecular flexibility index (Phi) is 7.77. The van der Waals surface area contributed by atoms with Gasteiger partial charge in [0, 0.05) is 29.0 Å². The lowest BCUT2D eigenvalue weighted by atomic mass is 9.73. The van der Waals surface area contributed by atoms with Crippen molar-refractivity contribution in [2.24, 2.45) is 11.8 Å². The monoisotopic (exact) mass is 658 g/mol. The molecule has 7 rings (SSSR count). The number of rotatable bonds is 10. The highest BCUT2D eigenvalue weighted by Gasteiger charge is 2.56. The molecule has 2 unspecified atom stereocenters. The number of thiazole rings is 1. The van der Waals surface area contributed by atoms with E-state index in [9.17, 15) is 14.7 Å². The minimum Gasteiger partial charge on any atom is -0.481 e. The van der Waals surface area contributed by atoms with Crippen LogP contribution < -0.4 is 0 Å². The number of Topliss-reactive ketones (excluding diaryl/α,β-unsaturated/α-hetero) is 1. The first kappa shape index (κ1) is 29.8. The number of carboxylic acid groups (broad SMARTS) is 1. The Morgan fingerprint density at radius 1 is 1.09 bits per heavy atom. The molecule has 12 heteroatoms. The van der Waals surface area contributed by atoms with E-state index in [0.29, 0.717) is 49.8 Å². The highest BCUT2D eigenvalue weighted by Crippen LogP contribution is 2.57. The number of ether oxygens (including phenoxy) is 1. The summed E-state index contributed by atoms with van der Waals surface area (Å²) in [4.78, 5) is 27.9. The van der Waals surface area contributed by atoms with Crippen LogP contribution in [-0.4, -0.2) is 38.2 Å². The van der Waals surface area contributed by atoms with E-state index >= 15 is 4.39 Å². The molecule has 3 aliphatic carbocycles. The van der Waals surface area contributed by atoms with E-state index in [0.717, 1.165) is 43.1 Å². The summed E-state index contributed by atoms with van der Waals surface area (Å²) in [6, 6.07) is 7.97. The molecule has 2 aromatic carbocycles. The minimum atomic E-state index is -1.23. The number of hydrogen-bond donors (Lipinski definition) is 2. The van der Waals surface area contributed by atoms with E-state index in [2.05, 4.69) is 10.1 Å². The van der Waals surface area contributed by atoms with Gasteiger partial charge in [0.1, 0.15) is 27.6 Å². The van der Waals surface area contributed by atoms with Gasteiger partial charge in [0.25, 0.3) is 0 Å². The third-order valence-corrected chi connectivity index (χ3v) is 11.1. The van der Waals surface area contributed by atoms with Gasteiger partial charge in [0.2, 0.25) is 0 Å². The fourth-order valence-electron chi connectivity index (χ4n) is 6.92. The predicted molar refractivity (Wildman–Crippen MR) is 163 cm³/mol. The highest BCUT2D eigenvalue weighted by atomic mass is 35.5. The van der Waals surface area contributed by atoms with Crippen LogP contribution in [0.4, 0.5) is 4.39 Å². The van der Waals surface area contributed by atoms with Crippen molar-refractivity contribution in [3.63, 3.8) is 0 Å². The van der Waals surface area contributed by atoms with Crippen molar-refractivity contribution in [3.05, 3.63) is 68.1 Å².